The lowest BCUT2D eigenvalue weighted by Gasteiger charge is -2.22. The van der Waals surface area contributed by atoms with Crippen LogP contribution in [-0.4, -0.2) is 19.3 Å². The molecule has 0 spiro atoms. The van der Waals surface area contributed by atoms with Gasteiger partial charge in [-0.2, -0.15) is 0 Å². The van der Waals surface area contributed by atoms with Gasteiger partial charge in [-0.3, -0.25) is 0 Å². The first-order valence-electron chi connectivity index (χ1n) is 6.83. The molecule has 1 aromatic carbocycles. The second-order valence-electron chi connectivity index (χ2n) is 5.04. The van der Waals surface area contributed by atoms with Crippen molar-refractivity contribution < 1.29 is 4.74 Å². The third kappa shape index (κ3) is 4.27. The van der Waals surface area contributed by atoms with Crippen LogP contribution in [0.25, 0.3) is 0 Å². The van der Waals surface area contributed by atoms with Crippen molar-refractivity contribution in [2.75, 3.05) is 13.2 Å². The van der Waals surface area contributed by atoms with E-state index in [0.717, 1.165) is 36.7 Å². The van der Waals surface area contributed by atoms with Crippen LogP contribution >= 0.6 is 11.6 Å². The van der Waals surface area contributed by atoms with Crippen LogP contribution in [0.5, 0.6) is 0 Å². The average molecular weight is 268 g/mol. The SMILES string of the molecule is Cc1ccc(CNCCC2CCCCO2)cc1Cl. The summed E-state index contributed by atoms with van der Waals surface area (Å²) in [7, 11) is 0. The van der Waals surface area contributed by atoms with E-state index in [1.54, 1.807) is 0 Å². The molecule has 2 nitrogen and oxygen atoms in total. The zero-order valence-electron chi connectivity index (χ0n) is 11.0. The van der Waals surface area contributed by atoms with Gasteiger partial charge in [0, 0.05) is 18.2 Å². The molecule has 100 valence electrons. The summed E-state index contributed by atoms with van der Waals surface area (Å²) in [6.45, 7) is 4.86. The zero-order chi connectivity index (χ0) is 12.8. The first kappa shape index (κ1) is 13.9. The van der Waals surface area contributed by atoms with Gasteiger partial charge in [0.05, 0.1) is 6.10 Å². The predicted molar refractivity (Wildman–Crippen MR) is 76.1 cm³/mol. The predicted octanol–water partition coefficient (Wildman–Crippen LogP) is 3.70. The lowest BCUT2D eigenvalue weighted by Crippen LogP contribution is -2.25. The van der Waals surface area contributed by atoms with Crippen LogP contribution in [-0.2, 0) is 11.3 Å². The minimum absolute atomic E-state index is 0.466. The Morgan fingerprint density at radius 2 is 2.28 bits per heavy atom. The maximum absolute atomic E-state index is 6.10. The molecule has 3 heteroatoms. The van der Waals surface area contributed by atoms with Crippen molar-refractivity contribution in [3.63, 3.8) is 0 Å². The van der Waals surface area contributed by atoms with E-state index in [2.05, 4.69) is 17.4 Å². The van der Waals surface area contributed by atoms with E-state index < -0.39 is 0 Å². The maximum Gasteiger partial charge on any atom is 0.0587 e. The number of hydrogen-bond acceptors (Lipinski definition) is 2. The second-order valence-corrected chi connectivity index (χ2v) is 5.44. The number of halogens is 1. The van der Waals surface area contributed by atoms with E-state index in [1.807, 2.05) is 13.0 Å². The Balaban J connectivity index is 1.66. The van der Waals surface area contributed by atoms with Crippen LogP contribution in [0.2, 0.25) is 5.02 Å². The van der Waals surface area contributed by atoms with Gasteiger partial charge >= 0.3 is 0 Å². The number of rotatable bonds is 5. The molecule has 1 unspecified atom stereocenters. The van der Waals surface area contributed by atoms with Crippen molar-refractivity contribution in [1.29, 1.82) is 0 Å². The largest absolute Gasteiger partial charge is 0.378 e. The van der Waals surface area contributed by atoms with Crippen molar-refractivity contribution in [2.24, 2.45) is 0 Å². The summed E-state index contributed by atoms with van der Waals surface area (Å²) in [6.07, 6.45) is 5.34. The Labute approximate surface area is 115 Å². The smallest absolute Gasteiger partial charge is 0.0587 e. The minimum atomic E-state index is 0.466. The molecular formula is C15H22ClNO. The molecule has 0 bridgehead atoms. The monoisotopic (exact) mass is 267 g/mol. The first-order valence-corrected chi connectivity index (χ1v) is 7.21. The summed E-state index contributed by atoms with van der Waals surface area (Å²) in [6, 6.07) is 6.25. The Morgan fingerprint density at radius 1 is 1.39 bits per heavy atom. The van der Waals surface area contributed by atoms with Gasteiger partial charge in [-0.1, -0.05) is 23.7 Å². The number of ether oxygens (including phenoxy) is 1. The minimum Gasteiger partial charge on any atom is -0.378 e. The maximum atomic E-state index is 6.10. The van der Waals surface area contributed by atoms with E-state index in [1.165, 1.54) is 24.8 Å². The highest BCUT2D eigenvalue weighted by Crippen LogP contribution is 2.17. The number of nitrogens with one attached hydrogen (secondary N) is 1. The summed E-state index contributed by atoms with van der Waals surface area (Å²) >= 11 is 6.10. The van der Waals surface area contributed by atoms with Crippen molar-refractivity contribution in [3.8, 4) is 0 Å². The molecule has 1 N–H and O–H groups in total. The summed E-state index contributed by atoms with van der Waals surface area (Å²) in [5.41, 5.74) is 2.38. The molecule has 0 aromatic heterocycles. The van der Waals surface area contributed by atoms with E-state index in [9.17, 15) is 0 Å². The summed E-state index contributed by atoms with van der Waals surface area (Å²) in [4.78, 5) is 0. The van der Waals surface area contributed by atoms with Crippen molar-refractivity contribution in [1.82, 2.24) is 5.32 Å². The highest BCUT2D eigenvalue weighted by molar-refractivity contribution is 6.31. The molecule has 1 saturated heterocycles. The molecule has 1 aromatic rings. The van der Waals surface area contributed by atoms with E-state index in [-0.39, 0.29) is 0 Å². The molecule has 1 atom stereocenters. The number of hydrogen-bond donors (Lipinski definition) is 1. The molecule has 1 fully saturated rings. The lowest BCUT2D eigenvalue weighted by molar-refractivity contribution is 0.0115. The van der Waals surface area contributed by atoms with Crippen molar-refractivity contribution in [2.45, 2.75) is 45.3 Å². The molecule has 0 aliphatic carbocycles. The zero-order valence-corrected chi connectivity index (χ0v) is 11.8. The van der Waals surface area contributed by atoms with Gasteiger partial charge in [0.1, 0.15) is 0 Å². The summed E-state index contributed by atoms with van der Waals surface area (Å²) in [5, 5.41) is 4.31. The Hall–Kier alpha value is -0.570. The molecule has 1 aliphatic heterocycles. The van der Waals surface area contributed by atoms with Crippen molar-refractivity contribution in [3.05, 3.63) is 34.3 Å². The molecule has 1 aliphatic rings. The van der Waals surface area contributed by atoms with Gasteiger partial charge in [-0.15, -0.1) is 0 Å². The van der Waals surface area contributed by atoms with Crippen LogP contribution in [0.4, 0.5) is 0 Å². The average Bonchev–Trinajstić information content (AvgIpc) is 2.40. The number of aryl methyl sites for hydroxylation is 1. The standard InChI is InChI=1S/C15H22ClNO/c1-12-5-6-13(10-15(12)16)11-17-8-7-14-4-2-3-9-18-14/h5-6,10,14,17H,2-4,7-9,11H2,1H3. The summed E-state index contributed by atoms with van der Waals surface area (Å²) in [5.74, 6) is 0. The highest BCUT2D eigenvalue weighted by Gasteiger charge is 2.12. The number of benzene rings is 1. The third-order valence-electron chi connectivity index (χ3n) is 3.48. The summed E-state index contributed by atoms with van der Waals surface area (Å²) < 4.78 is 5.70. The van der Waals surface area contributed by atoms with E-state index in [0.29, 0.717) is 6.10 Å². The normalized spacial score (nSPS) is 20.0. The van der Waals surface area contributed by atoms with Crippen LogP contribution in [0.1, 0.15) is 36.8 Å². The molecule has 18 heavy (non-hydrogen) atoms. The topological polar surface area (TPSA) is 21.3 Å². The Kier molecular flexibility index (Phi) is 5.48. The van der Waals surface area contributed by atoms with Crippen molar-refractivity contribution >= 4 is 11.6 Å². The molecule has 0 saturated carbocycles. The van der Waals surface area contributed by atoms with Crippen LogP contribution in [0.3, 0.4) is 0 Å². The van der Waals surface area contributed by atoms with Crippen LogP contribution in [0, 0.1) is 6.92 Å². The fraction of sp³-hybridized carbons (Fsp3) is 0.600. The van der Waals surface area contributed by atoms with Gasteiger partial charge in [-0.05, 0) is 56.3 Å². The fourth-order valence-electron chi connectivity index (χ4n) is 2.28. The van der Waals surface area contributed by atoms with Crippen LogP contribution < -0.4 is 5.32 Å². The first-order chi connectivity index (χ1) is 8.75. The Morgan fingerprint density at radius 3 is 3.00 bits per heavy atom. The highest BCUT2D eigenvalue weighted by atomic mass is 35.5. The van der Waals surface area contributed by atoms with Gasteiger partial charge in [0.25, 0.3) is 0 Å². The fourth-order valence-corrected chi connectivity index (χ4v) is 2.48. The lowest BCUT2D eigenvalue weighted by atomic mass is 10.1. The molecule has 0 amide bonds. The van der Waals surface area contributed by atoms with Gasteiger partial charge in [0.15, 0.2) is 0 Å². The quantitative estimate of drug-likeness (QED) is 0.822. The van der Waals surface area contributed by atoms with E-state index in [4.69, 9.17) is 16.3 Å². The molecular weight excluding hydrogens is 246 g/mol. The second kappa shape index (κ2) is 7.13. The third-order valence-corrected chi connectivity index (χ3v) is 3.89. The Bertz CT molecular complexity index is 375. The molecule has 0 radical (unpaired) electrons. The molecule has 1 heterocycles. The molecule has 2 rings (SSSR count). The van der Waals surface area contributed by atoms with E-state index >= 15 is 0 Å². The van der Waals surface area contributed by atoms with Gasteiger partial charge < -0.3 is 10.1 Å². The van der Waals surface area contributed by atoms with Gasteiger partial charge in [-0.25, -0.2) is 0 Å². The van der Waals surface area contributed by atoms with Crippen LogP contribution in [0.15, 0.2) is 18.2 Å². The van der Waals surface area contributed by atoms with Gasteiger partial charge in [0.2, 0.25) is 0 Å².